The predicted molar refractivity (Wildman–Crippen MR) is 70.1 cm³/mol. The van der Waals surface area contributed by atoms with Crippen molar-refractivity contribution in [1.82, 2.24) is 9.80 Å². The zero-order valence-corrected chi connectivity index (χ0v) is 11.3. The summed E-state index contributed by atoms with van der Waals surface area (Å²) in [6.45, 7) is 2.69. The average Bonchev–Trinajstić information content (AvgIpc) is 2.44. The number of piperidine rings is 1. The predicted octanol–water partition coefficient (Wildman–Crippen LogP) is -0.575. The molecule has 108 valence electrons. The maximum atomic E-state index is 12.3. The molecule has 0 saturated carbocycles. The number of amides is 1. The van der Waals surface area contributed by atoms with E-state index in [1.165, 1.54) is 4.90 Å². The lowest BCUT2D eigenvalue weighted by atomic mass is 9.96. The van der Waals surface area contributed by atoms with Crippen molar-refractivity contribution in [2.24, 2.45) is 5.92 Å². The minimum atomic E-state index is -0.0867. The van der Waals surface area contributed by atoms with Gasteiger partial charge in [-0.1, -0.05) is 0 Å². The van der Waals surface area contributed by atoms with Crippen LogP contribution in [0.15, 0.2) is 0 Å². The molecule has 0 aromatic heterocycles. The number of hydrogen-bond donors (Lipinski definition) is 2. The molecule has 1 aliphatic heterocycles. The first-order valence-corrected chi connectivity index (χ1v) is 6.82. The second-order valence-electron chi connectivity index (χ2n) is 4.82. The largest absolute Gasteiger partial charge is 0.395 e. The van der Waals surface area contributed by atoms with Gasteiger partial charge in [0.2, 0.25) is 5.91 Å². The molecule has 0 aromatic rings. The molecule has 1 saturated heterocycles. The van der Waals surface area contributed by atoms with Crippen LogP contribution in [0.25, 0.3) is 0 Å². The minimum absolute atomic E-state index is 0.00441. The Bertz CT molecular complexity index is 311. The second-order valence-corrected chi connectivity index (χ2v) is 4.82. The van der Waals surface area contributed by atoms with Gasteiger partial charge >= 0.3 is 0 Å². The zero-order chi connectivity index (χ0) is 14.1. The van der Waals surface area contributed by atoms with Gasteiger partial charge in [0.25, 0.3) is 0 Å². The first kappa shape index (κ1) is 15.9. The minimum Gasteiger partial charge on any atom is -0.395 e. The fourth-order valence-corrected chi connectivity index (χ4v) is 2.50. The van der Waals surface area contributed by atoms with Gasteiger partial charge < -0.3 is 20.0 Å². The third-order valence-corrected chi connectivity index (χ3v) is 3.45. The van der Waals surface area contributed by atoms with Crippen molar-refractivity contribution in [1.29, 1.82) is 5.26 Å². The molecule has 0 bridgehead atoms. The number of rotatable bonds is 7. The molecule has 1 fully saturated rings. The summed E-state index contributed by atoms with van der Waals surface area (Å²) in [5, 5.41) is 26.5. The Labute approximate surface area is 114 Å². The summed E-state index contributed by atoms with van der Waals surface area (Å²) in [6.07, 6.45) is 2.28. The first-order chi connectivity index (χ1) is 9.22. The van der Waals surface area contributed by atoms with Crippen LogP contribution < -0.4 is 0 Å². The van der Waals surface area contributed by atoms with Crippen LogP contribution in [-0.2, 0) is 4.79 Å². The van der Waals surface area contributed by atoms with Crippen LogP contribution in [0.3, 0.4) is 0 Å². The number of aliphatic hydroxyl groups is 2. The van der Waals surface area contributed by atoms with Gasteiger partial charge in [-0.2, -0.15) is 5.26 Å². The van der Waals surface area contributed by atoms with Crippen LogP contribution in [0.1, 0.15) is 19.3 Å². The molecule has 6 nitrogen and oxygen atoms in total. The van der Waals surface area contributed by atoms with Gasteiger partial charge in [0.05, 0.1) is 25.2 Å². The highest BCUT2D eigenvalue weighted by Gasteiger charge is 2.28. The van der Waals surface area contributed by atoms with Gasteiger partial charge in [-0.05, 0) is 19.4 Å². The van der Waals surface area contributed by atoms with E-state index in [-0.39, 0.29) is 38.1 Å². The lowest BCUT2D eigenvalue weighted by molar-refractivity contribution is -0.138. The highest BCUT2D eigenvalue weighted by molar-refractivity contribution is 5.79. The zero-order valence-electron chi connectivity index (χ0n) is 11.3. The summed E-state index contributed by atoms with van der Waals surface area (Å²) in [5.74, 6) is -0.0738. The van der Waals surface area contributed by atoms with Gasteiger partial charge in [0, 0.05) is 32.6 Å². The van der Waals surface area contributed by atoms with Crippen LogP contribution in [0.2, 0.25) is 0 Å². The maximum Gasteiger partial charge on any atom is 0.227 e. The standard InChI is InChI=1S/C13H23N3O3/c14-4-2-6-15-5-1-3-12(11-15)13(19)16(7-9-17)8-10-18/h12,17-18H,1-3,5-11H2. The molecule has 2 N–H and O–H groups in total. The quantitative estimate of drug-likeness (QED) is 0.646. The normalized spacial score (nSPS) is 19.9. The molecule has 19 heavy (non-hydrogen) atoms. The van der Waals surface area contributed by atoms with Crippen molar-refractivity contribution in [2.75, 3.05) is 45.9 Å². The number of carbonyl (C=O) groups excluding carboxylic acids is 1. The van der Waals surface area contributed by atoms with E-state index in [9.17, 15) is 4.79 Å². The summed E-state index contributed by atoms with van der Waals surface area (Å²) < 4.78 is 0. The summed E-state index contributed by atoms with van der Waals surface area (Å²) >= 11 is 0. The third kappa shape index (κ3) is 5.15. The number of carbonyl (C=O) groups is 1. The Hall–Kier alpha value is -1.16. The van der Waals surface area contributed by atoms with Crippen LogP contribution in [0, 0.1) is 17.2 Å². The van der Waals surface area contributed by atoms with Gasteiger partial charge in [-0.3, -0.25) is 4.79 Å². The van der Waals surface area contributed by atoms with Crippen LogP contribution in [0.4, 0.5) is 0 Å². The topological polar surface area (TPSA) is 87.8 Å². The van der Waals surface area contributed by atoms with E-state index in [1.807, 2.05) is 0 Å². The summed E-state index contributed by atoms with van der Waals surface area (Å²) in [5.41, 5.74) is 0. The Morgan fingerprint density at radius 3 is 2.63 bits per heavy atom. The van der Waals surface area contributed by atoms with Crippen LogP contribution in [0.5, 0.6) is 0 Å². The van der Waals surface area contributed by atoms with Crippen molar-refractivity contribution in [2.45, 2.75) is 19.3 Å². The lowest BCUT2D eigenvalue weighted by Gasteiger charge is -2.34. The fraction of sp³-hybridized carbons (Fsp3) is 0.846. The molecule has 0 spiro atoms. The number of nitrogens with zero attached hydrogens (tertiary/aromatic N) is 3. The molecule has 1 atom stereocenters. The molecular weight excluding hydrogens is 246 g/mol. The Balaban J connectivity index is 2.52. The van der Waals surface area contributed by atoms with E-state index in [1.54, 1.807) is 0 Å². The summed E-state index contributed by atoms with van der Waals surface area (Å²) in [7, 11) is 0. The molecule has 0 radical (unpaired) electrons. The average molecular weight is 269 g/mol. The van der Waals surface area contributed by atoms with E-state index in [0.717, 1.165) is 19.4 Å². The molecular formula is C13H23N3O3. The van der Waals surface area contributed by atoms with E-state index >= 15 is 0 Å². The number of likely N-dealkylation sites (tertiary alicyclic amines) is 1. The van der Waals surface area contributed by atoms with Gasteiger partial charge in [0.1, 0.15) is 0 Å². The SMILES string of the molecule is N#CCCN1CCCC(C(=O)N(CCO)CCO)C1. The first-order valence-electron chi connectivity index (χ1n) is 6.82. The van der Waals surface area contributed by atoms with Crippen molar-refractivity contribution in [3.05, 3.63) is 0 Å². The lowest BCUT2D eigenvalue weighted by Crippen LogP contribution is -2.46. The smallest absolute Gasteiger partial charge is 0.227 e. The molecule has 0 aliphatic carbocycles. The van der Waals surface area contributed by atoms with Crippen molar-refractivity contribution >= 4 is 5.91 Å². The highest BCUT2D eigenvalue weighted by atomic mass is 16.3. The summed E-state index contributed by atoms with van der Waals surface area (Å²) in [4.78, 5) is 16.0. The third-order valence-electron chi connectivity index (χ3n) is 3.45. The summed E-state index contributed by atoms with van der Waals surface area (Å²) in [6, 6.07) is 2.12. The number of aliphatic hydroxyl groups excluding tert-OH is 2. The highest BCUT2D eigenvalue weighted by Crippen LogP contribution is 2.19. The van der Waals surface area contributed by atoms with Crippen LogP contribution >= 0.6 is 0 Å². The Morgan fingerprint density at radius 2 is 2.05 bits per heavy atom. The van der Waals surface area contributed by atoms with E-state index in [0.29, 0.717) is 19.5 Å². The molecule has 0 aromatic carbocycles. The molecule has 6 heteroatoms. The van der Waals surface area contributed by atoms with Gasteiger partial charge in [-0.25, -0.2) is 0 Å². The van der Waals surface area contributed by atoms with Crippen LogP contribution in [-0.4, -0.2) is 71.9 Å². The molecule has 1 aliphatic rings. The molecule has 1 amide bonds. The number of nitriles is 1. The monoisotopic (exact) mass is 269 g/mol. The fourth-order valence-electron chi connectivity index (χ4n) is 2.50. The Morgan fingerprint density at radius 1 is 1.37 bits per heavy atom. The maximum absolute atomic E-state index is 12.3. The van der Waals surface area contributed by atoms with E-state index in [4.69, 9.17) is 15.5 Å². The Kier molecular flexibility index (Phi) is 7.41. The molecule has 1 heterocycles. The van der Waals surface area contributed by atoms with Crippen molar-refractivity contribution in [3.8, 4) is 6.07 Å². The van der Waals surface area contributed by atoms with E-state index in [2.05, 4.69) is 11.0 Å². The van der Waals surface area contributed by atoms with Gasteiger partial charge in [-0.15, -0.1) is 0 Å². The number of hydrogen-bond acceptors (Lipinski definition) is 5. The van der Waals surface area contributed by atoms with Crippen molar-refractivity contribution < 1.29 is 15.0 Å². The van der Waals surface area contributed by atoms with Crippen molar-refractivity contribution in [3.63, 3.8) is 0 Å². The molecule has 1 unspecified atom stereocenters. The van der Waals surface area contributed by atoms with Gasteiger partial charge in [0.15, 0.2) is 0 Å². The second kappa shape index (κ2) is 8.86. The van der Waals surface area contributed by atoms with E-state index < -0.39 is 0 Å². The molecule has 1 rings (SSSR count).